The molecule has 0 radical (unpaired) electrons. The van der Waals surface area contributed by atoms with E-state index in [1.807, 2.05) is 0 Å². The third-order valence-electron chi connectivity index (χ3n) is 2.95. The fraction of sp³-hybridized carbons (Fsp3) is 1.00. The van der Waals surface area contributed by atoms with Gasteiger partial charge in [-0.15, -0.1) is 0 Å². The lowest BCUT2D eigenvalue weighted by Gasteiger charge is -2.34. The second kappa shape index (κ2) is 6.60. The zero-order valence-corrected chi connectivity index (χ0v) is 13.6. The van der Waals surface area contributed by atoms with Gasteiger partial charge in [-0.05, 0) is 24.2 Å². The monoisotopic (exact) mass is 362 g/mol. The van der Waals surface area contributed by atoms with Crippen LogP contribution in [0, 0.1) is 11.3 Å². The normalized spacial score (nSPS) is 13.5. The average molecular weight is 364 g/mol. The summed E-state index contributed by atoms with van der Waals surface area (Å²) in [7, 11) is -2.82. The molecule has 15 heavy (non-hydrogen) atoms. The van der Waals surface area contributed by atoms with Crippen LogP contribution >= 0.6 is 31.9 Å². The highest BCUT2D eigenvalue weighted by Crippen LogP contribution is 2.36. The van der Waals surface area contributed by atoms with Crippen LogP contribution in [-0.4, -0.2) is 31.1 Å². The molecule has 0 rings (SSSR count). The summed E-state index contributed by atoms with van der Waals surface area (Å²) in [5.74, 6) is 0.831. The molecule has 0 heterocycles. The van der Waals surface area contributed by atoms with Crippen LogP contribution in [0.1, 0.15) is 26.7 Å². The second-order valence-corrected chi connectivity index (χ2v) is 7.90. The Labute approximate surface area is 110 Å². The standard InChI is InChI=1S/C10H20Br2O2S/c1-9(2)10(7-11,8-12)5-4-6-15(3,13)14/h9H,4-8H2,1-3H3. The van der Waals surface area contributed by atoms with Gasteiger partial charge in [-0.1, -0.05) is 45.7 Å². The topological polar surface area (TPSA) is 34.1 Å². The highest BCUT2D eigenvalue weighted by molar-refractivity contribution is 9.09. The quantitative estimate of drug-likeness (QED) is 0.650. The van der Waals surface area contributed by atoms with Crippen LogP contribution in [0.15, 0.2) is 0 Å². The number of hydrogen-bond donors (Lipinski definition) is 0. The summed E-state index contributed by atoms with van der Waals surface area (Å²) in [6, 6.07) is 0. The van der Waals surface area contributed by atoms with E-state index in [1.165, 1.54) is 6.26 Å². The summed E-state index contributed by atoms with van der Waals surface area (Å²) in [6.07, 6.45) is 2.98. The van der Waals surface area contributed by atoms with E-state index >= 15 is 0 Å². The van der Waals surface area contributed by atoms with Crippen LogP contribution in [0.25, 0.3) is 0 Å². The maximum Gasteiger partial charge on any atom is 0.147 e. The van der Waals surface area contributed by atoms with Gasteiger partial charge in [-0.25, -0.2) is 8.42 Å². The van der Waals surface area contributed by atoms with Crippen LogP contribution in [0.4, 0.5) is 0 Å². The van der Waals surface area contributed by atoms with Crippen molar-refractivity contribution in [2.24, 2.45) is 11.3 Å². The smallest absolute Gasteiger partial charge is 0.147 e. The van der Waals surface area contributed by atoms with Crippen LogP contribution in [-0.2, 0) is 9.84 Å². The predicted molar refractivity (Wildman–Crippen MR) is 73.8 cm³/mol. The lowest BCUT2D eigenvalue weighted by molar-refractivity contribution is 0.246. The largest absolute Gasteiger partial charge is 0.229 e. The Morgan fingerprint density at radius 2 is 1.67 bits per heavy atom. The third-order valence-corrected chi connectivity index (χ3v) is 6.21. The minimum absolute atomic E-state index is 0.171. The van der Waals surface area contributed by atoms with Gasteiger partial charge in [-0.2, -0.15) is 0 Å². The Hall–Kier alpha value is 0.910. The van der Waals surface area contributed by atoms with Gasteiger partial charge < -0.3 is 0 Å². The Morgan fingerprint density at radius 1 is 1.20 bits per heavy atom. The first kappa shape index (κ1) is 15.9. The van der Waals surface area contributed by atoms with Crippen molar-refractivity contribution in [2.45, 2.75) is 26.7 Å². The molecular formula is C10H20Br2O2S. The van der Waals surface area contributed by atoms with E-state index in [0.717, 1.165) is 23.5 Å². The molecule has 0 fully saturated rings. The van der Waals surface area contributed by atoms with Crippen molar-refractivity contribution >= 4 is 41.7 Å². The fourth-order valence-electron chi connectivity index (χ4n) is 1.45. The summed E-state index contributed by atoms with van der Waals surface area (Å²) in [5, 5.41) is 1.82. The maximum absolute atomic E-state index is 11.0. The molecule has 0 saturated carbocycles. The van der Waals surface area contributed by atoms with E-state index < -0.39 is 9.84 Å². The van der Waals surface area contributed by atoms with E-state index in [2.05, 4.69) is 45.7 Å². The van der Waals surface area contributed by atoms with E-state index in [9.17, 15) is 8.42 Å². The summed E-state index contributed by atoms with van der Waals surface area (Å²) in [5.41, 5.74) is 0.171. The lowest BCUT2D eigenvalue weighted by Crippen LogP contribution is -2.31. The predicted octanol–water partition coefficient (Wildman–Crippen LogP) is 3.24. The van der Waals surface area contributed by atoms with Gasteiger partial charge in [0.15, 0.2) is 0 Å². The van der Waals surface area contributed by atoms with Crippen molar-refractivity contribution in [3.8, 4) is 0 Å². The van der Waals surface area contributed by atoms with Gasteiger partial charge >= 0.3 is 0 Å². The highest BCUT2D eigenvalue weighted by Gasteiger charge is 2.31. The van der Waals surface area contributed by atoms with Crippen molar-refractivity contribution in [2.75, 3.05) is 22.7 Å². The second-order valence-electron chi connectivity index (χ2n) is 4.52. The first-order chi connectivity index (χ1) is 6.77. The van der Waals surface area contributed by atoms with Gasteiger partial charge in [0.2, 0.25) is 0 Å². The first-order valence-corrected chi connectivity index (χ1v) is 9.37. The van der Waals surface area contributed by atoms with Crippen molar-refractivity contribution in [3.63, 3.8) is 0 Å². The molecule has 0 atom stereocenters. The SMILES string of the molecule is CC(C)C(CBr)(CBr)CCCS(C)(=O)=O. The number of hydrogen-bond acceptors (Lipinski definition) is 2. The summed E-state index contributed by atoms with van der Waals surface area (Å²) in [4.78, 5) is 0. The summed E-state index contributed by atoms with van der Waals surface area (Å²) >= 11 is 7.07. The molecule has 0 aromatic heterocycles. The van der Waals surface area contributed by atoms with Gasteiger partial charge in [0.25, 0.3) is 0 Å². The Kier molecular flexibility index (Phi) is 7.00. The number of halogens is 2. The molecule has 0 aromatic carbocycles. The van der Waals surface area contributed by atoms with Crippen LogP contribution in [0.5, 0.6) is 0 Å². The lowest BCUT2D eigenvalue weighted by atomic mass is 9.77. The molecule has 0 N–H and O–H groups in total. The van der Waals surface area contributed by atoms with E-state index in [4.69, 9.17) is 0 Å². The average Bonchev–Trinajstić information content (AvgIpc) is 2.10. The van der Waals surface area contributed by atoms with Crippen molar-refractivity contribution < 1.29 is 8.42 Å². The molecule has 0 saturated heterocycles. The number of sulfone groups is 1. The van der Waals surface area contributed by atoms with Gasteiger partial charge in [0.05, 0.1) is 0 Å². The molecule has 92 valence electrons. The van der Waals surface area contributed by atoms with E-state index in [-0.39, 0.29) is 5.41 Å². The minimum Gasteiger partial charge on any atom is -0.229 e. The van der Waals surface area contributed by atoms with Crippen LogP contribution in [0.2, 0.25) is 0 Å². The fourth-order valence-corrected chi connectivity index (χ4v) is 4.91. The molecule has 0 aliphatic carbocycles. The molecular weight excluding hydrogens is 344 g/mol. The Bertz CT molecular complexity index is 269. The molecule has 0 aliphatic heterocycles. The molecule has 0 amide bonds. The highest BCUT2D eigenvalue weighted by atomic mass is 79.9. The van der Waals surface area contributed by atoms with Crippen molar-refractivity contribution in [1.29, 1.82) is 0 Å². The third kappa shape index (κ3) is 5.68. The van der Waals surface area contributed by atoms with Crippen molar-refractivity contribution in [3.05, 3.63) is 0 Å². The number of alkyl halides is 2. The van der Waals surface area contributed by atoms with E-state index in [0.29, 0.717) is 11.7 Å². The molecule has 0 unspecified atom stereocenters. The van der Waals surface area contributed by atoms with E-state index in [1.54, 1.807) is 0 Å². The minimum atomic E-state index is -2.82. The zero-order chi connectivity index (χ0) is 12.1. The molecule has 0 spiro atoms. The van der Waals surface area contributed by atoms with Crippen LogP contribution in [0.3, 0.4) is 0 Å². The zero-order valence-electron chi connectivity index (χ0n) is 9.59. The van der Waals surface area contributed by atoms with Crippen molar-refractivity contribution in [1.82, 2.24) is 0 Å². The molecule has 5 heteroatoms. The molecule has 0 aliphatic rings. The van der Waals surface area contributed by atoms with Gasteiger partial charge in [-0.3, -0.25) is 0 Å². The maximum atomic E-state index is 11.0. The van der Waals surface area contributed by atoms with Gasteiger partial charge in [0, 0.05) is 22.7 Å². The summed E-state index contributed by atoms with van der Waals surface area (Å²) in [6.45, 7) is 4.37. The van der Waals surface area contributed by atoms with Crippen LogP contribution < -0.4 is 0 Å². The first-order valence-electron chi connectivity index (χ1n) is 5.07. The molecule has 0 aromatic rings. The molecule has 0 bridgehead atoms. The van der Waals surface area contributed by atoms with Gasteiger partial charge in [0.1, 0.15) is 9.84 Å². The Morgan fingerprint density at radius 3 is 1.93 bits per heavy atom. The number of rotatable bonds is 7. The molecule has 2 nitrogen and oxygen atoms in total. The summed E-state index contributed by atoms with van der Waals surface area (Å²) < 4.78 is 22.1. The Balaban J connectivity index is 4.31.